The lowest BCUT2D eigenvalue weighted by Crippen LogP contribution is -2.16. The summed E-state index contributed by atoms with van der Waals surface area (Å²) >= 11 is 0. The molecule has 2 aromatic carbocycles. The second-order valence-electron chi connectivity index (χ2n) is 5.99. The summed E-state index contributed by atoms with van der Waals surface area (Å²) in [5, 5.41) is 6.39. The zero-order valence-corrected chi connectivity index (χ0v) is 14.5. The number of para-hydroxylation sites is 2. The Labute approximate surface area is 159 Å². The molecule has 2 heterocycles. The molecule has 0 fully saturated rings. The second kappa shape index (κ2) is 7.40. The van der Waals surface area contributed by atoms with E-state index in [2.05, 4.69) is 20.6 Å². The maximum atomic E-state index is 13.7. The SMILES string of the molecule is O=C(Nc1c(F)cccc1F)c1cc(Nc2cccc3cccnc23)ccn1. The zero-order chi connectivity index (χ0) is 19.5. The molecule has 0 aliphatic rings. The highest BCUT2D eigenvalue weighted by Crippen LogP contribution is 2.25. The van der Waals surface area contributed by atoms with Crippen molar-refractivity contribution in [3.63, 3.8) is 0 Å². The Morgan fingerprint density at radius 3 is 2.43 bits per heavy atom. The van der Waals surface area contributed by atoms with Gasteiger partial charge in [-0.25, -0.2) is 8.78 Å². The number of anilines is 3. The topological polar surface area (TPSA) is 66.9 Å². The predicted molar refractivity (Wildman–Crippen MR) is 104 cm³/mol. The van der Waals surface area contributed by atoms with Crippen LogP contribution in [0.3, 0.4) is 0 Å². The first-order chi connectivity index (χ1) is 13.6. The summed E-state index contributed by atoms with van der Waals surface area (Å²) in [5.41, 5.74) is 1.64. The van der Waals surface area contributed by atoms with Crippen LogP contribution in [0.1, 0.15) is 10.5 Å². The zero-order valence-electron chi connectivity index (χ0n) is 14.5. The smallest absolute Gasteiger partial charge is 0.274 e. The molecule has 28 heavy (non-hydrogen) atoms. The van der Waals surface area contributed by atoms with Crippen molar-refractivity contribution in [1.82, 2.24) is 9.97 Å². The molecule has 0 radical (unpaired) electrons. The van der Waals surface area contributed by atoms with E-state index in [1.54, 1.807) is 12.3 Å². The van der Waals surface area contributed by atoms with Crippen molar-refractivity contribution in [3.05, 3.63) is 90.4 Å². The van der Waals surface area contributed by atoms with Crippen molar-refractivity contribution >= 4 is 33.9 Å². The number of carbonyl (C=O) groups is 1. The van der Waals surface area contributed by atoms with Crippen LogP contribution in [0.25, 0.3) is 10.9 Å². The van der Waals surface area contributed by atoms with Crippen LogP contribution in [0, 0.1) is 11.6 Å². The quantitative estimate of drug-likeness (QED) is 0.531. The van der Waals surface area contributed by atoms with Gasteiger partial charge in [-0.3, -0.25) is 14.8 Å². The lowest BCUT2D eigenvalue weighted by Gasteiger charge is -2.11. The summed E-state index contributed by atoms with van der Waals surface area (Å²) in [7, 11) is 0. The summed E-state index contributed by atoms with van der Waals surface area (Å²) < 4.78 is 27.5. The molecule has 2 aromatic heterocycles. The number of rotatable bonds is 4. The summed E-state index contributed by atoms with van der Waals surface area (Å²) in [5.74, 6) is -2.43. The molecule has 2 N–H and O–H groups in total. The molecule has 0 aliphatic heterocycles. The van der Waals surface area contributed by atoms with Crippen LogP contribution in [0.15, 0.2) is 73.1 Å². The molecule has 7 heteroatoms. The number of nitrogens with zero attached hydrogens (tertiary/aromatic N) is 2. The molecule has 138 valence electrons. The average molecular weight is 376 g/mol. The van der Waals surface area contributed by atoms with Gasteiger partial charge in [0.25, 0.3) is 5.91 Å². The van der Waals surface area contributed by atoms with Gasteiger partial charge in [0.05, 0.1) is 11.2 Å². The fourth-order valence-electron chi connectivity index (χ4n) is 2.79. The number of halogens is 2. The lowest BCUT2D eigenvalue weighted by atomic mass is 10.2. The van der Waals surface area contributed by atoms with E-state index in [0.29, 0.717) is 5.69 Å². The van der Waals surface area contributed by atoms with Crippen LogP contribution in [-0.2, 0) is 0 Å². The van der Waals surface area contributed by atoms with Gasteiger partial charge in [-0.1, -0.05) is 24.3 Å². The first-order valence-corrected chi connectivity index (χ1v) is 8.44. The van der Waals surface area contributed by atoms with Crippen LogP contribution < -0.4 is 10.6 Å². The molecule has 0 saturated heterocycles. The van der Waals surface area contributed by atoms with E-state index in [4.69, 9.17) is 0 Å². The van der Waals surface area contributed by atoms with E-state index in [9.17, 15) is 13.6 Å². The van der Waals surface area contributed by atoms with Crippen LogP contribution >= 0.6 is 0 Å². The number of aromatic nitrogens is 2. The molecule has 0 aliphatic carbocycles. The van der Waals surface area contributed by atoms with E-state index in [-0.39, 0.29) is 5.69 Å². The number of pyridine rings is 2. The maximum Gasteiger partial charge on any atom is 0.274 e. The molecular weight excluding hydrogens is 362 g/mol. The monoisotopic (exact) mass is 376 g/mol. The number of hydrogen-bond acceptors (Lipinski definition) is 4. The van der Waals surface area contributed by atoms with Crippen molar-refractivity contribution < 1.29 is 13.6 Å². The van der Waals surface area contributed by atoms with Crippen molar-refractivity contribution in [2.24, 2.45) is 0 Å². The van der Waals surface area contributed by atoms with Crippen LogP contribution in [0.5, 0.6) is 0 Å². The second-order valence-corrected chi connectivity index (χ2v) is 5.99. The van der Waals surface area contributed by atoms with Crippen LogP contribution in [0.4, 0.5) is 25.8 Å². The number of carbonyl (C=O) groups excluding carboxylic acids is 1. The molecule has 0 spiro atoms. The van der Waals surface area contributed by atoms with Crippen molar-refractivity contribution in [3.8, 4) is 0 Å². The van der Waals surface area contributed by atoms with Gasteiger partial charge in [0.2, 0.25) is 0 Å². The van der Waals surface area contributed by atoms with Gasteiger partial charge in [0.1, 0.15) is 23.0 Å². The van der Waals surface area contributed by atoms with Crippen molar-refractivity contribution in [2.75, 3.05) is 10.6 Å². The molecule has 0 bridgehead atoms. The van der Waals surface area contributed by atoms with Crippen LogP contribution in [0.2, 0.25) is 0 Å². The largest absolute Gasteiger partial charge is 0.354 e. The average Bonchev–Trinajstić information content (AvgIpc) is 2.71. The van der Waals surface area contributed by atoms with Gasteiger partial charge in [-0.05, 0) is 36.4 Å². The highest BCUT2D eigenvalue weighted by molar-refractivity contribution is 6.03. The molecule has 0 unspecified atom stereocenters. The molecule has 4 aromatic rings. The van der Waals surface area contributed by atoms with Crippen molar-refractivity contribution in [2.45, 2.75) is 0 Å². The number of amides is 1. The van der Waals surface area contributed by atoms with Gasteiger partial charge in [-0.2, -0.15) is 0 Å². The Morgan fingerprint density at radius 1 is 0.857 bits per heavy atom. The van der Waals surface area contributed by atoms with E-state index in [0.717, 1.165) is 28.7 Å². The van der Waals surface area contributed by atoms with Gasteiger partial charge >= 0.3 is 0 Å². The fraction of sp³-hybridized carbons (Fsp3) is 0. The third-order valence-corrected chi connectivity index (χ3v) is 4.11. The maximum absolute atomic E-state index is 13.7. The van der Waals surface area contributed by atoms with Crippen molar-refractivity contribution in [1.29, 1.82) is 0 Å². The fourth-order valence-corrected chi connectivity index (χ4v) is 2.79. The van der Waals surface area contributed by atoms with E-state index in [1.165, 1.54) is 18.3 Å². The minimum atomic E-state index is -0.857. The lowest BCUT2D eigenvalue weighted by molar-refractivity contribution is 0.102. The molecule has 5 nitrogen and oxygen atoms in total. The van der Waals surface area contributed by atoms with Gasteiger partial charge in [0, 0.05) is 23.5 Å². The summed E-state index contributed by atoms with van der Waals surface area (Å²) in [6, 6.07) is 16.0. The Morgan fingerprint density at radius 2 is 1.61 bits per heavy atom. The molecular formula is C21H14F2N4O. The van der Waals surface area contributed by atoms with E-state index in [1.807, 2.05) is 30.3 Å². The van der Waals surface area contributed by atoms with E-state index >= 15 is 0 Å². The van der Waals surface area contributed by atoms with Gasteiger partial charge in [0.15, 0.2) is 0 Å². The molecule has 4 rings (SSSR count). The Balaban J connectivity index is 1.60. The Kier molecular flexibility index (Phi) is 4.63. The summed E-state index contributed by atoms with van der Waals surface area (Å²) in [6.07, 6.45) is 3.13. The third kappa shape index (κ3) is 3.50. The summed E-state index contributed by atoms with van der Waals surface area (Å²) in [6.45, 7) is 0. The minimum Gasteiger partial charge on any atom is -0.354 e. The molecule has 0 atom stereocenters. The Bertz CT molecular complexity index is 1150. The number of nitrogens with one attached hydrogen (secondary N) is 2. The van der Waals surface area contributed by atoms with E-state index < -0.39 is 23.2 Å². The number of benzene rings is 2. The number of fused-ring (bicyclic) bond motifs is 1. The highest BCUT2D eigenvalue weighted by atomic mass is 19.1. The first kappa shape index (κ1) is 17.5. The highest BCUT2D eigenvalue weighted by Gasteiger charge is 2.15. The molecule has 0 saturated carbocycles. The van der Waals surface area contributed by atoms with Crippen LogP contribution in [-0.4, -0.2) is 15.9 Å². The predicted octanol–water partition coefficient (Wildman–Crippen LogP) is 4.90. The number of hydrogen-bond donors (Lipinski definition) is 2. The Hall–Kier alpha value is -3.87. The van der Waals surface area contributed by atoms with Gasteiger partial charge < -0.3 is 10.6 Å². The van der Waals surface area contributed by atoms with Gasteiger partial charge in [-0.15, -0.1) is 0 Å². The normalized spacial score (nSPS) is 10.6. The molecule has 1 amide bonds. The third-order valence-electron chi connectivity index (χ3n) is 4.11. The minimum absolute atomic E-state index is 0.0147. The standard InChI is InChI=1S/C21H14F2N4O/c22-15-6-2-7-16(23)20(15)27-21(28)18-12-14(9-11-24-18)26-17-8-1-4-13-5-3-10-25-19(13)17/h1-12H,(H,24,26)(H,27,28). The first-order valence-electron chi connectivity index (χ1n) is 8.44. The summed E-state index contributed by atoms with van der Waals surface area (Å²) in [4.78, 5) is 20.7.